The molecule has 2 heterocycles. The highest BCUT2D eigenvalue weighted by atomic mass is 16.5. The zero-order chi connectivity index (χ0) is 11.0. The first-order chi connectivity index (χ1) is 7.09. The SMILES string of the molecule is CN(C)C(=O)N1CCc2c(N)noc2C1. The number of carbonyl (C=O) groups excluding carboxylic acids is 1. The van der Waals surface area contributed by atoms with Gasteiger partial charge in [0.05, 0.1) is 6.54 Å². The Bertz CT molecular complexity index is 385. The van der Waals surface area contributed by atoms with E-state index in [1.54, 1.807) is 23.9 Å². The van der Waals surface area contributed by atoms with E-state index < -0.39 is 0 Å². The fraction of sp³-hybridized carbons (Fsp3) is 0.556. The Balaban J connectivity index is 2.16. The van der Waals surface area contributed by atoms with Crippen LogP contribution >= 0.6 is 0 Å². The quantitative estimate of drug-likeness (QED) is 0.668. The lowest BCUT2D eigenvalue weighted by Crippen LogP contribution is -2.41. The van der Waals surface area contributed by atoms with Crippen molar-refractivity contribution >= 4 is 11.8 Å². The molecule has 6 nitrogen and oxygen atoms in total. The van der Waals surface area contributed by atoms with Crippen LogP contribution in [-0.2, 0) is 13.0 Å². The van der Waals surface area contributed by atoms with Gasteiger partial charge in [0.15, 0.2) is 11.6 Å². The van der Waals surface area contributed by atoms with Crippen molar-refractivity contribution in [1.29, 1.82) is 0 Å². The molecule has 1 aliphatic heterocycles. The molecule has 0 aromatic carbocycles. The molecule has 2 N–H and O–H groups in total. The largest absolute Gasteiger partial charge is 0.381 e. The molecule has 0 unspecified atom stereocenters. The van der Waals surface area contributed by atoms with Gasteiger partial charge in [-0.1, -0.05) is 5.16 Å². The number of amides is 2. The van der Waals surface area contributed by atoms with Crippen LogP contribution in [0.15, 0.2) is 4.52 Å². The van der Waals surface area contributed by atoms with Gasteiger partial charge in [-0.2, -0.15) is 0 Å². The van der Waals surface area contributed by atoms with Gasteiger partial charge in [0, 0.05) is 26.2 Å². The summed E-state index contributed by atoms with van der Waals surface area (Å²) in [5, 5.41) is 3.69. The topological polar surface area (TPSA) is 75.6 Å². The van der Waals surface area contributed by atoms with Crippen LogP contribution in [0.1, 0.15) is 11.3 Å². The standard InChI is InChI=1S/C9H14N4O2/c1-12(2)9(14)13-4-3-6-7(5-13)15-11-8(6)10/h3-5H2,1-2H3,(H2,10,11). The third-order valence-corrected chi connectivity index (χ3v) is 2.52. The van der Waals surface area contributed by atoms with E-state index >= 15 is 0 Å². The highest BCUT2D eigenvalue weighted by Gasteiger charge is 2.26. The number of anilines is 1. The number of rotatable bonds is 0. The number of nitrogens with zero attached hydrogens (tertiary/aromatic N) is 3. The predicted molar refractivity (Wildman–Crippen MR) is 54.1 cm³/mol. The Morgan fingerprint density at radius 3 is 3.00 bits per heavy atom. The van der Waals surface area contributed by atoms with Gasteiger partial charge in [0.1, 0.15) is 0 Å². The zero-order valence-corrected chi connectivity index (χ0v) is 8.86. The Labute approximate surface area is 87.6 Å². The normalized spacial score (nSPS) is 14.9. The minimum absolute atomic E-state index is 0.0179. The second-order valence-electron chi connectivity index (χ2n) is 3.82. The lowest BCUT2D eigenvalue weighted by molar-refractivity contribution is 0.158. The first kappa shape index (κ1) is 9.82. The molecule has 15 heavy (non-hydrogen) atoms. The predicted octanol–water partition coefficient (Wildman–Crippen LogP) is 0.296. The van der Waals surface area contributed by atoms with Crippen LogP contribution in [0.4, 0.5) is 10.6 Å². The number of nitrogens with two attached hydrogens (primary N) is 1. The van der Waals surface area contributed by atoms with Gasteiger partial charge < -0.3 is 20.1 Å². The van der Waals surface area contributed by atoms with Crippen molar-refractivity contribution in [2.45, 2.75) is 13.0 Å². The van der Waals surface area contributed by atoms with Crippen LogP contribution in [0.2, 0.25) is 0 Å². The molecule has 0 saturated carbocycles. The first-order valence-electron chi connectivity index (χ1n) is 4.78. The van der Waals surface area contributed by atoms with Gasteiger partial charge in [0.25, 0.3) is 0 Å². The Morgan fingerprint density at radius 2 is 2.33 bits per heavy atom. The molecular weight excluding hydrogens is 196 g/mol. The van der Waals surface area contributed by atoms with Crippen molar-refractivity contribution < 1.29 is 9.32 Å². The van der Waals surface area contributed by atoms with E-state index in [2.05, 4.69) is 5.16 Å². The molecule has 1 aromatic heterocycles. The Hall–Kier alpha value is -1.72. The van der Waals surface area contributed by atoms with E-state index in [1.165, 1.54) is 0 Å². The Morgan fingerprint density at radius 1 is 1.60 bits per heavy atom. The minimum atomic E-state index is -0.0179. The minimum Gasteiger partial charge on any atom is -0.381 e. The summed E-state index contributed by atoms with van der Waals surface area (Å²) in [6.07, 6.45) is 0.713. The second kappa shape index (κ2) is 3.45. The van der Waals surface area contributed by atoms with E-state index in [1.807, 2.05) is 0 Å². The van der Waals surface area contributed by atoms with E-state index in [-0.39, 0.29) is 6.03 Å². The summed E-state index contributed by atoms with van der Waals surface area (Å²) in [7, 11) is 3.46. The smallest absolute Gasteiger partial charge is 0.319 e. The summed E-state index contributed by atoms with van der Waals surface area (Å²) in [5.74, 6) is 1.15. The summed E-state index contributed by atoms with van der Waals surface area (Å²) >= 11 is 0. The van der Waals surface area contributed by atoms with Crippen LogP contribution in [0.25, 0.3) is 0 Å². The van der Waals surface area contributed by atoms with E-state index in [0.717, 1.165) is 5.56 Å². The van der Waals surface area contributed by atoms with E-state index in [0.29, 0.717) is 31.1 Å². The summed E-state index contributed by atoms with van der Waals surface area (Å²) in [5.41, 5.74) is 6.57. The number of carbonyl (C=O) groups is 1. The molecule has 2 rings (SSSR count). The fourth-order valence-electron chi connectivity index (χ4n) is 1.69. The number of hydrogen-bond acceptors (Lipinski definition) is 4. The summed E-state index contributed by atoms with van der Waals surface area (Å²) in [4.78, 5) is 14.9. The average Bonchev–Trinajstić information content (AvgIpc) is 2.59. The molecule has 6 heteroatoms. The third-order valence-electron chi connectivity index (χ3n) is 2.52. The fourth-order valence-corrected chi connectivity index (χ4v) is 1.69. The van der Waals surface area contributed by atoms with Gasteiger partial charge in [-0.05, 0) is 6.42 Å². The van der Waals surface area contributed by atoms with E-state index in [9.17, 15) is 4.79 Å². The molecule has 1 aliphatic rings. The van der Waals surface area contributed by atoms with Gasteiger partial charge in [-0.3, -0.25) is 0 Å². The Kier molecular flexibility index (Phi) is 2.26. The number of urea groups is 1. The van der Waals surface area contributed by atoms with Crippen LogP contribution in [-0.4, -0.2) is 41.6 Å². The van der Waals surface area contributed by atoms with Crippen molar-refractivity contribution in [2.75, 3.05) is 26.4 Å². The van der Waals surface area contributed by atoms with Crippen molar-refractivity contribution in [3.8, 4) is 0 Å². The third kappa shape index (κ3) is 1.62. The molecule has 0 radical (unpaired) electrons. The summed E-state index contributed by atoms with van der Waals surface area (Å²) < 4.78 is 5.06. The molecule has 0 aliphatic carbocycles. The lowest BCUT2D eigenvalue weighted by Gasteiger charge is -2.28. The number of aromatic nitrogens is 1. The van der Waals surface area contributed by atoms with Crippen molar-refractivity contribution in [3.05, 3.63) is 11.3 Å². The van der Waals surface area contributed by atoms with Crippen LogP contribution in [0.3, 0.4) is 0 Å². The number of fused-ring (bicyclic) bond motifs is 1. The average molecular weight is 210 g/mol. The maximum atomic E-state index is 11.7. The molecular formula is C9H14N4O2. The van der Waals surface area contributed by atoms with Crippen LogP contribution in [0.5, 0.6) is 0 Å². The maximum Gasteiger partial charge on any atom is 0.319 e. The molecule has 1 aromatic rings. The van der Waals surface area contributed by atoms with Crippen molar-refractivity contribution in [1.82, 2.24) is 15.0 Å². The van der Waals surface area contributed by atoms with Gasteiger partial charge >= 0.3 is 6.03 Å². The van der Waals surface area contributed by atoms with E-state index in [4.69, 9.17) is 10.3 Å². The molecule has 0 fully saturated rings. The number of hydrogen-bond donors (Lipinski definition) is 1. The molecule has 0 atom stereocenters. The molecule has 0 bridgehead atoms. The van der Waals surface area contributed by atoms with Crippen LogP contribution < -0.4 is 5.73 Å². The first-order valence-corrected chi connectivity index (χ1v) is 4.78. The lowest BCUT2D eigenvalue weighted by atomic mass is 10.1. The molecule has 0 spiro atoms. The highest BCUT2D eigenvalue weighted by Crippen LogP contribution is 2.23. The van der Waals surface area contributed by atoms with Gasteiger partial charge in [0.2, 0.25) is 0 Å². The zero-order valence-electron chi connectivity index (χ0n) is 8.86. The summed E-state index contributed by atoms with van der Waals surface area (Å²) in [6.45, 7) is 1.12. The molecule has 2 amide bonds. The molecule has 0 saturated heterocycles. The maximum absolute atomic E-state index is 11.7. The van der Waals surface area contributed by atoms with Gasteiger partial charge in [-0.25, -0.2) is 4.79 Å². The highest BCUT2D eigenvalue weighted by molar-refractivity contribution is 5.74. The van der Waals surface area contributed by atoms with Crippen molar-refractivity contribution in [3.63, 3.8) is 0 Å². The van der Waals surface area contributed by atoms with Crippen LogP contribution in [0, 0.1) is 0 Å². The monoisotopic (exact) mass is 210 g/mol. The number of nitrogen functional groups attached to an aromatic ring is 1. The van der Waals surface area contributed by atoms with Crippen molar-refractivity contribution in [2.24, 2.45) is 0 Å². The second-order valence-corrected chi connectivity index (χ2v) is 3.82. The summed E-state index contributed by atoms with van der Waals surface area (Å²) in [6, 6.07) is -0.0179. The van der Waals surface area contributed by atoms with Gasteiger partial charge in [-0.15, -0.1) is 0 Å². The molecule has 82 valence electrons.